The van der Waals surface area contributed by atoms with E-state index in [0.717, 1.165) is 0 Å². The topological polar surface area (TPSA) is 64.3 Å². The van der Waals surface area contributed by atoms with Crippen molar-refractivity contribution in [2.45, 2.75) is 52.7 Å². The molecule has 20 heavy (non-hydrogen) atoms. The fourth-order valence-electron chi connectivity index (χ4n) is 2.08. The number of alkyl carbamates (subject to hydrolysis) is 1. The van der Waals surface area contributed by atoms with Gasteiger partial charge >= 0.3 is 6.09 Å². The standard InChI is InChI=1S/C16H26N2O2/c1-11-7-6-8-12(2)14(11)9-13(10-17)18-15(19)20-16(3,4)5/h6-8,13H,9-10,17H2,1-5H3,(H,18,19). The van der Waals surface area contributed by atoms with Gasteiger partial charge in [-0.3, -0.25) is 0 Å². The number of nitrogens with two attached hydrogens (primary N) is 1. The first-order valence-electron chi connectivity index (χ1n) is 6.97. The minimum Gasteiger partial charge on any atom is -0.444 e. The van der Waals surface area contributed by atoms with Crippen LogP contribution in [-0.2, 0) is 11.2 Å². The molecule has 0 radical (unpaired) electrons. The molecule has 0 aromatic heterocycles. The molecule has 0 aliphatic heterocycles. The van der Waals surface area contributed by atoms with E-state index in [1.807, 2.05) is 26.8 Å². The lowest BCUT2D eigenvalue weighted by atomic mass is 9.96. The molecule has 0 bridgehead atoms. The number of ether oxygens (including phenoxy) is 1. The minimum atomic E-state index is -0.498. The van der Waals surface area contributed by atoms with Crippen LogP contribution in [0, 0.1) is 13.8 Å². The van der Waals surface area contributed by atoms with E-state index in [-0.39, 0.29) is 6.04 Å². The van der Waals surface area contributed by atoms with Crippen LogP contribution in [-0.4, -0.2) is 24.3 Å². The highest BCUT2D eigenvalue weighted by Crippen LogP contribution is 2.15. The first-order valence-corrected chi connectivity index (χ1v) is 6.97. The monoisotopic (exact) mass is 278 g/mol. The van der Waals surface area contributed by atoms with E-state index >= 15 is 0 Å². The molecule has 0 heterocycles. The summed E-state index contributed by atoms with van der Waals surface area (Å²) in [5, 5.41) is 2.84. The van der Waals surface area contributed by atoms with Crippen LogP contribution >= 0.6 is 0 Å². The molecule has 1 unspecified atom stereocenters. The highest BCUT2D eigenvalue weighted by molar-refractivity contribution is 5.68. The van der Waals surface area contributed by atoms with Gasteiger partial charge in [0.1, 0.15) is 5.60 Å². The Balaban J connectivity index is 2.71. The van der Waals surface area contributed by atoms with Gasteiger partial charge in [0, 0.05) is 12.6 Å². The molecule has 0 spiro atoms. The third-order valence-electron chi connectivity index (χ3n) is 3.10. The third-order valence-corrected chi connectivity index (χ3v) is 3.10. The molecule has 112 valence electrons. The van der Waals surface area contributed by atoms with Crippen molar-refractivity contribution in [1.29, 1.82) is 0 Å². The molecule has 0 aliphatic rings. The second-order valence-electron chi connectivity index (χ2n) is 6.15. The molecule has 3 N–H and O–H groups in total. The molecule has 0 saturated heterocycles. The van der Waals surface area contributed by atoms with Crippen molar-refractivity contribution in [2.75, 3.05) is 6.54 Å². The summed E-state index contributed by atoms with van der Waals surface area (Å²) in [5.74, 6) is 0. The molecule has 0 aliphatic carbocycles. The predicted octanol–water partition coefficient (Wildman–Crippen LogP) is 2.70. The van der Waals surface area contributed by atoms with Gasteiger partial charge in [-0.15, -0.1) is 0 Å². The van der Waals surface area contributed by atoms with E-state index in [2.05, 4.69) is 31.3 Å². The van der Waals surface area contributed by atoms with Crippen molar-refractivity contribution in [2.24, 2.45) is 5.73 Å². The molecular weight excluding hydrogens is 252 g/mol. The lowest BCUT2D eigenvalue weighted by Crippen LogP contribution is -2.44. The molecule has 1 atom stereocenters. The second kappa shape index (κ2) is 6.75. The van der Waals surface area contributed by atoms with Crippen LogP contribution in [0.1, 0.15) is 37.5 Å². The molecule has 1 amide bonds. The van der Waals surface area contributed by atoms with E-state index < -0.39 is 11.7 Å². The SMILES string of the molecule is Cc1cccc(C)c1CC(CN)NC(=O)OC(C)(C)C. The summed E-state index contributed by atoms with van der Waals surface area (Å²) in [6.07, 6.45) is 0.299. The summed E-state index contributed by atoms with van der Waals surface area (Å²) in [6.45, 7) is 10.1. The van der Waals surface area contributed by atoms with Crippen molar-refractivity contribution >= 4 is 6.09 Å². The Hall–Kier alpha value is -1.55. The summed E-state index contributed by atoms with van der Waals surface area (Å²) in [4.78, 5) is 11.8. The second-order valence-corrected chi connectivity index (χ2v) is 6.15. The van der Waals surface area contributed by atoms with Gasteiger partial charge < -0.3 is 15.8 Å². The van der Waals surface area contributed by atoms with Crippen molar-refractivity contribution < 1.29 is 9.53 Å². The zero-order valence-corrected chi connectivity index (χ0v) is 13.1. The largest absolute Gasteiger partial charge is 0.444 e. The summed E-state index contributed by atoms with van der Waals surface area (Å²) in [6, 6.07) is 6.06. The van der Waals surface area contributed by atoms with E-state index in [9.17, 15) is 4.79 Å². The number of rotatable bonds is 4. The first-order chi connectivity index (χ1) is 9.23. The van der Waals surface area contributed by atoms with Crippen LogP contribution in [0.3, 0.4) is 0 Å². The van der Waals surface area contributed by atoms with Crippen LogP contribution in [0.25, 0.3) is 0 Å². The van der Waals surface area contributed by atoms with Gasteiger partial charge in [0.2, 0.25) is 0 Å². The van der Waals surface area contributed by atoms with Crippen LogP contribution in [0.4, 0.5) is 4.79 Å². The van der Waals surface area contributed by atoms with Gasteiger partial charge in [-0.05, 0) is 57.7 Å². The van der Waals surface area contributed by atoms with Crippen molar-refractivity contribution in [3.63, 3.8) is 0 Å². The van der Waals surface area contributed by atoms with Gasteiger partial charge in [-0.25, -0.2) is 4.79 Å². The van der Waals surface area contributed by atoms with E-state index in [0.29, 0.717) is 13.0 Å². The lowest BCUT2D eigenvalue weighted by Gasteiger charge is -2.24. The Morgan fingerprint density at radius 2 is 1.85 bits per heavy atom. The van der Waals surface area contributed by atoms with Crippen molar-refractivity contribution in [3.05, 3.63) is 34.9 Å². The summed E-state index contributed by atoms with van der Waals surface area (Å²) in [5.41, 5.74) is 8.93. The molecule has 4 heteroatoms. The Morgan fingerprint density at radius 1 is 1.30 bits per heavy atom. The highest BCUT2D eigenvalue weighted by Gasteiger charge is 2.19. The van der Waals surface area contributed by atoms with Crippen LogP contribution < -0.4 is 11.1 Å². The highest BCUT2D eigenvalue weighted by atomic mass is 16.6. The number of hydrogen-bond donors (Lipinski definition) is 2. The number of carbonyl (C=O) groups is 1. The fraction of sp³-hybridized carbons (Fsp3) is 0.562. The Labute approximate surface area is 121 Å². The van der Waals surface area contributed by atoms with E-state index in [1.54, 1.807) is 0 Å². The summed E-state index contributed by atoms with van der Waals surface area (Å²) in [7, 11) is 0. The number of benzene rings is 1. The molecule has 4 nitrogen and oxygen atoms in total. The van der Waals surface area contributed by atoms with Crippen LogP contribution in [0.5, 0.6) is 0 Å². The van der Waals surface area contributed by atoms with Gasteiger partial charge in [-0.2, -0.15) is 0 Å². The molecular formula is C16H26N2O2. The number of amides is 1. The summed E-state index contributed by atoms with van der Waals surface area (Å²) < 4.78 is 5.26. The average Bonchev–Trinajstić information content (AvgIpc) is 2.30. The molecule has 0 fully saturated rings. The van der Waals surface area contributed by atoms with Gasteiger partial charge in [0.05, 0.1) is 0 Å². The zero-order chi connectivity index (χ0) is 15.3. The smallest absolute Gasteiger partial charge is 0.407 e. The quantitative estimate of drug-likeness (QED) is 0.890. The van der Waals surface area contributed by atoms with E-state index in [1.165, 1.54) is 16.7 Å². The van der Waals surface area contributed by atoms with E-state index in [4.69, 9.17) is 10.5 Å². The first kappa shape index (κ1) is 16.5. The predicted molar refractivity (Wildman–Crippen MR) is 81.8 cm³/mol. The Kier molecular flexibility index (Phi) is 5.57. The normalized spacial score (nSPS) is 12.9. The van der Waals surface area contributed by atoms with Crippen LogP contribution in [0.2, 0.25) is 0 Å². The van der Waals surface area contributed by atoms with Crippen molar-refractivity contribution in [1.82, 2.24) is 5.32 Å². The molecule has 1 aromatic rings. The number of aryl methyl sites for hydroxylation is 2. The Morgan fingerprint density at radius 3 is 2.30 bits per heavy atom. The number of nitrogens with one attached hydrogen (secondary N) is 1. The third kappa shape index (κ3) is 5.21. The fourth-order valence-corrected chi connectivity index (χ4v) is 2.08. The van der Waals surface area contributed by atoms with Gasteiger partial charge in [0.25, 0.3) is 0 Å². The Bertz CT molecular complexity index is 444. The zero-order valence-electron chi connectivity index (χ0n) is 13.1. The van der Waals surface area contributed by atoms with Crippen molar-refractivity contribution in [3.8, 4) is 0 Å². The van der Waals surface area contributed by atoms with Gasteiger partial charge in [-0.1, -0.05) is 18.2 Å². The number of hydrogen-bond acceptors (Lipinski definition) is 3. The minimum absolute atomic E-state index is 0.121. The van der Waals surface area contributed by atoms with Crippen LogP contribution in [0.15, 0.2) is 18.2 Å². The summed E-state index contributed by atoms with van der Waals surface area (Å²) >= 11 is 0. The maximum absolute atomic E-state index is 11.8. The maximum Gasteiger partial charge on any atom is 0.407 e. The maximum atomic E-state index is 11.8. The number of carbonyl (C=O) groups excluding carboxylic acids is 1. The molecule has 1 rings (SSSR count). The van der Waals surface area contributed by atoms with Gasteiger partial charge in [0.15, 0.2) is 0 Å². The average molecular weight is 278 g/mol. The molecule has 0 saturated carbocycles. The molecule has 1 aromatic carbocycles. The lowest BCUT2D eigenvalue weighted by molar-refractivity contribution is 0.0506.